The van der Waals surface area contributed by atoms with Crippen LogP contribution in [0.4, 0.5) is 0 Å². The summed E-state index contributed by atoms with van der Waals surface area (Å²) in [6.07, 6.45) is 5.95. The molecule has 0 aromatic carbocycles. The number of allylic oxidation sites excluding steroid dienone is 1. The van der Waals surface area contributed by atoms with Gasteiger partial charge in [0.25, 0.3) is 0 Å². The Morgan fingerprint density at radius 2 is 2.25 bits per heavy atom. The zero-order valence-electron chi connectivity index (χ0n) is 5.13. The lowest BCUT2D eigenvalue weighted by Crippen LogP contribution is -1.66. The van der Waals surface area contributed by atoms with Crippen LogP contribution in [0.25, 0.3) is 0 Å². The maximum atomic E-state index is 9.47. The van der Waals surface area contributed by atoms with Gasteiger partial charge < -0.3 is 0 Å². The third-order valence-corrected chi connectivity index (χ3v) is 0.802. The van der Waals surface area contributed by atoms with Gasteiger partial charge in [-0.1, -0.05) is 30.7 Å². The molecule has 0 radical (unpaired) electrons. The second-order valence-electron chi connectivity index (χ2n) is 1.57. The van der Waals surface area contributed by atoms with Crippen molar-refractivity contribution in [2.45, 2.75) is 19.8 Å². The minimum atomic E-state index is 0.319. The number of hydrogen-bond acceptors (Lipinski definition) is 2. The molecule has 0 saturated heterocycles. The zero-order valence-corrected chi connectivity index (χ0v) is 5.13. The minimum Gasteiger partial charge on any atom is -0.150 e. The van der Waals surface area contributed by atoms with Crippen molar-refractivity contribution in [3.63, 3.8) is 0 Å². The second kappa shape index (κ2) is 6.34. The first-order chi connectivity index (χ1) is 3.91. The Morgan fingerprint density at radius 3 is 2.75 bits per heavy atom. The van der Waals surface area contributed by atoms with E-state index >= 15 is 0 Å². The third-order valence-electron chi connectivity index (χ3n) is 0.802. The quantitative estimate of drug-likeness (QED) is 0.405. The predicted molar refractivity (Wildman–Crippen MR) is 34.7 cm³/mol. The van der Waals surface area contributed by atoms with Crippen LogP contribution >= 0.6 is 0 Å². The van der Waals surface area contributed by atoms with Gasteiger partial charge in [-0.15, -0.1) is 0 Å². The minimum absolute atomic E-state index is 0.319. The first kappa shape index (κ1) is 7.34. The highest BCUT2D eigenvalue weighted by atomic mass is 16.3. The molecule has 0 heterocycles. The number of unbranched alkanes of at least 4 members (excludes halogenated alkanes) is 1. The van der Waals surface area contributed by atoms with E-state index in [9.17, 15) is 4.91 Å². The molecule has 2 nitrogen and oxygen atoms in total. The van der Waals surface area contributed by atoms with Crippen molar-refractivity contribution in [1.29, 1.82) is 0 Å². The summed E-state index contributed by atoms with van der Waals surface area (Å²) < 4.78 is 0. The van der Waals surface area contributed by atoms with Crippen LogP contribution in [0.5, 0.6) is 0 Å². The van der Waals surface area contributed by atoms with E-state index in [1.54, 1.807) is 6.08 Å². The highest BCUT2D eigenvalue weighted by Gasteiger charge is 1.71. The van der Waals surface area contributed by atoms with E-state index in [2.05, 4.69) is 12.1 Å². The Balaban J connectivity index is 2.94. The number of nitrogens with zero attached hydrogens (tertiary/aromatic N) is 1. The fourth-order valence-corrected chi connectivity index (χ4v) is 0.402. The van der Waals surface area contributed by atoms with Gasteiger partial charge in [0.05, 0.1) is 6.54 Å². The maximum absolute atomic E-state index is 9.47. The van der Waals surface area contributed by atoms with Gasteiger partial charge in [0.2, 0.25) is 0 Å². The molecule has 0 rings (SSSR count). The molecule has 2 heteroatoms. The van der Waals surface area contributed by atoms with Crippen LogP contribution in [-0.4, -0.2) is 6.54 Å². The van der Waals surface area contributed by atoms with E-state index in [1.165, 1.54) is 0 Å². The van der Waals surface area contributed by atoms with Crippen molar-refractivity contribution in [3.05, 3.63) is 17.1 Å². The number of nitroso groups, excluding NO2 is 1. The third kappa shape index (κ3) is 5.34. The van der Waals surface area contributed by atoms with Gasteiger partial charge in [0.15, 0.2) is 0 Å². The van der Waals surface area contributed by atoms with E-state index in [1.807, 2.05) is 6.08 Å². The van der Waals surface area contributed by atoms with Gasteiger partial charge in [-0.05, 0) is 6.42 Å². The summed E-state index contributed by atoms with van der Waals surface area (Å²) in [7, 11) is 0. The molecule has 0 aliphatic heterocycles. The first-order valence-corrected chi connectivity index (χ1v) is 2.86. The Kier molecular flexibility index (Phi) is 5.82. The molecule has 46 valence electrons. The van der Waals surface area contributed by atoms with Crippen molar-refractivity contribution in [2.24, 2.45) is 5.18 Å². The average Bonchev–Trinajstić information content (AvgIpc) is 1.81. The first-order valence-electron chi connectivity index (χ1n) is 2.86. The molecule has 0 N–H and O–H groups in total. The van der Waals surface area contributed by atoms with Gasteiger partial charge in [-0.3, -0.25) is 0 Å². The van der Waals surface area contributed by atoms with E-state index in [0.29, 0.717) is 6.54 Å². The predicted octanol–water partition coefficient (Wildman–Crippen LogP) is 2.11. The van der Waals surface area contributed by atoms with E-state index in [0.717, 1.165) is 12.8 Å². The largest absolute Gasteiger partial charge is 0.150 e. The smallest absolute Gasteiger partial charge is 0.0992 e. The topological polar surface area (TPSA) is 29.4 Å². The molecule has 0 unspecified atom stereocenters. The molecule has 0 aliphatic carbocycles. The summed E-state index contributed by atoms with van der Waals surface area (Å²) >= 11 is 0. The van der Waals surface area contributed by atoms with E-state index < -0.39 is 0 Å². The number of rotatable bonds is 4. The molecule has 0 bridgehead atoms. The fourth-order valence-electron chi connectivity index (χ4n) is 0.402. The highest BCUT2D eigenvalue weighted by Crippen LogP contribution is 1.87. The molecule has 8 heavy (non-hydrogen) atoms. The normalized spacial score (nSPS) is 10.1. The van der Waals surface area contributed by atoms with Gasteiger partial charge in [-0.2, -0.15) is 4.91 Å². The summed E-state index contributed by atoms with van der Waals surface area (Å²) in [6.45, 7) is 2.42. The molecule has 0 spiro atoms. The molecule has 0 aromatic rings. The number of hydrogen-bond donors (Lipinski definition) is 0. The Hall–Kier alpha value is -0.660. The second-order valence-corrected chi connectivity index (χ2v) is 1.57. The van der Waals surface area contributed by atoms with Gasteiger partial charge in [-0.25, -0.2) is 0 Å². The SMILES string of the molecule is CCC/C=C\CN=O. The van der Waals surface area contributed by atoms with Crippen molar-refractivity contribution >= 4 is 0 Å². The van der Waals surface area contributed by atoms with Crippen LogP contribution in [0.1, 0.15) is 19.8 Å². The molecular formula is C6H11NO. The lowest BCUT2D eigenvalue weighted by Gasteiger charge is -1.79. The monoisotopic (exact) mass is 113 g/mol. The summed E-state index contributed by atoms with van der Waals surface area (Å²) in [5, 5.41) is 2.67. The van der Waals surface area contributed by atoms with Crippen LogP contribution in [0.2, 0.25) is 0 Å². The Labute approximate surface area is 49.6 Å². The van der Waals surface area contributed by atoms with E-state index in [4.69, 9.17) is 0 Å². The average molecular weight is 113 g/mol. The molecule has 0 saturated carbocycles. The molecular weight excluding hydrogens is 102 g/mol. The van der Waals surface area contributed by atoms with E-state index in [-0.39, 0.29) is 0 Å². The fraction of sp³-hybridized carbons (Fsp3) is 0.667. The van der Waals surface area contributed by atoms with Gasteiger partial charge in [0, 0.05) is 0 Å². The van der Waals surface area contributed by atoms with Gasteiger partial charge in [0.1, 0.15) is 0 Å². The van der Waals surface area contributed by atoms with Crippen molar-refractivity contribution in [2.75, 3.05) is 6.54 Å². The maximum Gasteiger partial charge on any atom is 0.0992 e. The molecule has 0 aromatic heterocycles. The summed E-state index contributed by atoms with van der Waals surface area (Å²) in [6, 6.07) is 0. The summed E-state index contributed by atoms with van der Waals surface area (Å²) in [5.74, 6) is 0. The molecule has 0 atom stereocenters. The van der Waals surface area contributed by atoms with Crippen molar-refractivity contribution < 1.29 is 0 Å². The molecule has 0 aliphatic rings. The van der Waals surface area contributed by atoms with Gasteiger partial charge >= 0.3 is 0 Å². The van der Waals surface area contributed by atoms with Crippen LogP contribution in [0, 0.1) is 4.91 Å². The summed E-state index contributed by atoms with van der Waals surface area (Å²) in [5.41, 5.74) is 0. The van der Waals surface area contributed by atoms with Crippen LogP contribution in [-0.2, 0) is 0 Å². The lowest BCUT2D eigenvalue weighted by atomic mass is 10.3. The Morgan fingerprint density at radius 1 is 1.50 bits per heavy atom. The standard InChI is InChI=1S/C6H11NO/c1-2-3-4-5-6-7-8/h4-5H,2-3,6H2,1H3/b5-4-. The van der Waals surface area contributed by atoms with Crippen LogP contribution in [0.15, 0.2) is 17.3 Å². The van der Waals surface area contributed by atoms with Crippen molar-refractivity contribution in [1.82, 2.24) is 0 Å². The lowest BCUT2D eigenvalue weighted by molar-refractivity contribution is 0.953. The highest BCUT2D eigenvalue weighted by molar-refractivity contribution is 4.82. The molecule has 0 fully saturated rings. The van der Waals surface area contributed by atoms with Crippen LogP contribution < -0.4 is 0 Å². The molecule has 0 amide bonds. The van der Waals surface area contributed by atoms with Crippen molar-refractivity contribution in [3.8, 4) is 0 Å². The summed E-state index contributed by atoms with van der Waals surface area (Å²) in [4.78, 5) is 9.47. The van der Waals surface area contributed by atoms with Crippen LogP contribution in [0.3, 0.4) is 0 Å². The Bertz CT molecular complexity index is 78.6. The zero-order chi connectivity index (χ0) is 6.24.